The number of unbranched alkanes of at least 4 members (excludes halogenated alkanes) is 5. The molecule has 9 heteroatoms. The Bertz CT molecular complexity index is 591. The average molecular weight is 464 g/mol. The van der Waals surface area contributed by atoms with Crippen molar-refractivity contribution in [3.8, 4) is 0 Å². The van der Waals surface area contributed by atoms with Gasteiger partial charge in [0.1, 0.15) is 5.60 Å². The predicted molar refractivity (Wildman–Crippen MR) is 121 cm³/mol. The van der Waals surface area contributed by atoms with Crippen LogP contribution in [0.25, 0.3) is 0 Å². The molecular formula is C22H42NO7P. The van der Waals surface area contributed by atoms with E-state index < -0.39 is 37.2 Å². The van der Waals surface area contributed by atoms with Gasteiger partial charge in [-0.15, -0.1) is 0 Å². The van der Waals surface area contributed by atoms with E-state index in [-0.39, 0.29) is 25.5 Å². The zero-order valence-corrected chi connectivity index (χ0v) is 21.1. The maximum atomic E-state index is 13.2. The third-order valence-corrected chi connectivity index (χ3v) is 6.74. The van der Waals surface area contributed by atoms with Crippen molar-refractivity contribution in [1.29, 1.82) is 0 Å². The van der Waals surface area contributed by atoms with Crippen LogP contribution in [0, 0.1) is 0 Å². The number of Topliss-reactive ketones (excluding diaryl/α,β-unsaturated/α-hetero) is 1. The van der Waals surface area contributed by atoms with Gasteiger partial charge >= 0.3 is 13.6 Å². The van der Waals surface area contributed by atoms with E-state index in [0.717, 1.165) is 19.3 Å². The maximum Gasteiger partial charge on any atom is 0.345 e. The molecule has 0 spiro atoms. The Morgan fingerprint density at radius 3 is 1.97 bits per heavy atom. The van der Waals surface area contributed by atoms with Gasteiger partial charge in [-0.05, 0) is 41.0 Å². The molecule has 0 aromatic rings. The fourth-order valence-electron chi connectivity index (χ4n) is 2.91. The van der Waals surface area contributed by atoms with Gasteiger partial charge in [0.2, 0.25) is 5.91 Å². The van der Waals surface area contributed by atoms with Crippen LogP contribution in [0.3, 0.4) is 0 Å². The first-order valence-corrected chi connectivity index (χ1v) is 13.0. The van der Waals surface area contributed by atoms with Gasteiger partial charge in [0, 0.05) is 6.42 Å². The molecule has 182 valence electrons. The van der Waals surface area contributed by atoms with Gasteiger partial charge in [0.25, 0.3) is 0 Å². The topological polar surface area (TPSA) is 108 Å². The van der Waals surface area contributed by atoms with E-state index in [1.54, 1.807) is 34.6 Å². The van der Waals surface area contributed by atoms with Gasteiger partial charge in [-0.2, -0.15) is 0 Å². The molecule has 0 saturated carbocycles. The number of rotatable bonds is 17. The zero-order chi connectivity index (χ0) is 23.9. The molecule has 0 aliphatic carbocycles. The second-order valence-corrected chi connectivity index (χ2v) is 10.7. The standard InChI is InChI=1S/C22H42NO7P/c1-7-10-11-12-13-14-15-18(24)17-23-20(25)16-19(21(26)30-22(4,5)6)31(27,28-8-2)29-9-3/h19H,7-17H2,1-6H3,(H,23,25). The second-order valence-electron chi connectivity index (χ2n) is 8.46. The summed E-state index contributed by atoms with van der Waals surface area (Å²) in [5.74, 6) is -1.48. The molecule has 1 atom stereocenters. The van der Waals surface area contributed by atoms with Gasteiger partial charge in [-0.1, -0.05) is 39.0 Å². The van der Waals surface area contributed by atoms with E-state index in [1.165, 1.54) is 19.3 Å². The lowest BCUT2D eigenvalue weighted by atomic mass is 10.1. The van der Waals surface area contributed by atoms with Crippen LogP contribution in [-0.4, -0.2) is 48.7 Å². The van der Waals surface area contributed by atoms with Gasteiger partial charge in [-0.3, -0.25) is 18.9 Å². The number of amides is 1. The highest BCUT2D eigenvalue weighted by Gasteiger charge is 2.44. The number of hydrogen-bond acceptors (Lipinski definition) is 7. The molecule has 0 saturated heterocycles. The monoisotopic (exact) mass is 463 g/mol. The normalized spacial score (nSPS) is 13.0. The van der Waals surface area contributed by atoms with Crippen molar-refractivity contribution < 1.29 is 32.7 Å². The van der Waals surface area contributed by atoms with Crippen molar-refractivity contribution in [2.24, 2.45) is 0 Å². The third-order valence-electron chi connectivity index (χ3n) is 4.35. The molecule has 0 aromatic heterocycles. The highest BCUT2D eigenvalue weighted by Crippen LogP contribution is 2.54. The summed E-state index contributed by atoms with van der Waals surface area (Å²) in [6, 6.07) is 0. The van der Waals surface area contributed by atoms with Gasteiger partial charge < -0.3 is 19.1 Å². The molecule has 0 aromatic carbocycles. The lowest BCUT2D eigenvalue weighted by Gasteiger charge is -2.28. The molecule has 1 amide bonds. The summed E-state index contributed by atoms with van der Waals surface area (Å²) in [7, 11) is -3.92. The second kappa shape index (κ2) is 15.5. The number of carbonyl (C=O) groups is 3. The minimum atomic E-state index is -3.92. The number of ether oxygens (including phenoxy) is 1. The largest absolute Gasteiger partial charge is 0.459 e. The molecule has 0 radical (unpaired) electrons. The molecule has 1 N–H and O–H groups in total. The molecule has 0 heterocycles. The summed E-state index contributed by atoms with van der Waals surface area (Å²) >= 11 is 0. The fourth-order valence-corrected chi connectivity index (χ4v) is 4.76. The highest BCUT2D eigenvalue weighted by molar-refractivity contribution is 7.55. The van der Waals surface area contributed by atoms with Crippen molar-refractivity contribution in [1.82, 2.24) is 5.32 Å². The van der Waals surface area contributed by atoms with Crippen LogP contribution in [0.4, 0.5) is 0 Å². The molecule has 31 heavy (non-hydrogen) atoms. The quantitative estimate of drug-likeness (QED) is 0.188. The van der Waals surface area contributed by atoms with Crippen molar-refractivity contribution in [2.75, 3.05) is 19.8 Å². The summed E-state index contributed by atoms with van der Waals surface area (Å²) in [6.45, 7) is 10.4. The smallest absolute Gasteiger partial charge is 0.345 e. The van der Waals surface area contributed by atoms with Crippen LogP contribution < -0.4 is 5.32 Å². The van der Waals surface area contributed by atoms with E-state index in [0.29, 0.717) is 6.42 Å². The molecule has 0 rings (SSSR count). The Hall–Kier alpha value is -1.24. The summed E-state index contributed by atoms with van der Waals surface area (Å²) in [6.07, 6.45) is 6.40. The van der Waals surface area contributed by atoms with E-state index in [2.05, 4.69) is 12.2 Å². The lowest BCUT2D eigenvalue weighted by Crippen LogP contribution is -2.38. The molecule has 0 aliphatic rings. The lowest BCUT2D eigenvalue weighted by molar-refractivity contribution is -0.155. The number of carbonyl (C=O) groups excluding carboxylic acids is 3. The number of ketones is 1. The van der Waals surface area contributed by atoms with Crippen LogP contribution in [0.2, 0.25) is 0 Å². The predicted octanol–water partition coefficient (Wildman–Crippen LogP) is 4.79. The summed E-state index contributed by atoms with van der Waals surface area (Å²) in [4.78, 5) is 37.1. The van der Waals surface area contributed by atoms with Gasteiger partial charge in [-0.25, -0.2) is 0 Å². The van der Waals surface area contributed by atoms with Crippen LogP contribution in [0.1, 0.15) is 92.9 Å². The highest BCUT2D eigenvalue weighted by atomic mass is 31.2. The Morgan fingerprint density at radius 1 is 0.903 bits per heavy atom. The minimum absolute atomic E-state index is 0.0505. The summed E-state index contributed by atoms with van der Waals surface area (Å²) in [5.41, 5.74) is -2.23. The van der Waals surface area contributed by atoms with Crippen LogP contribution >= 0.6 is 7.60 Å². The van der Waals surface area contributed by atoms with Crippen LogP contribution in [-0.2, 0) is 32.7 Å². The first-order valence-electron chi connectivity index (χ1n) is 11.4. The van der Waals surface area contributed by atoms with Crippen LogP contribution in [0.5, 0.6) is 0 Å². The Morgan fingerprint density at radius 2 is 1.45 bits per heavy atom. The van der Waals surface area contributed by atoms with Crippen LogP contribution in [0.15, 0.2) is 0 Å². The zero-order valence-electron chi connectivity index (χ0n) is 20.2. The van der Waals surface area contributed by atoms with Crippen molar-refractivity contribution in [3.63, 3.8) is 0 Å². The Labute approximate surface area is 187 Å². The minimum Gasteiger partial charge on any atom is -0.459 e. The number of nitrogens with one attached hydrogen (secondary N) is 1. The third kappa shape index (κ3) is 13.7. The first kappa shape index (κ1) is 29.8. The molecule has 0 bridgehead atoms. The molecule has 8 nitrogen and oxygen atoms in total. The molecular weight excluding hydrogens is 421 g/mol. The molecule has 0 fully saturated rings. The average Bonchev–Trinajstić information content (AvgIpc) is 2.66. The number of hydrogen-bond donors (Lipinski definition) is 1. The number of esters is 1. The van der Waals surface area contributed by atoms with Crippen molar-refractivity contribution >= 4 is 25.3 Å². The summed E-state index contributed by atoms with van der Waals surface area (Å²) < 4.78 is 29.1. The Balaban J connectivity index is 4.88. The van der Waals surface area contributed by atoms with E-state index in [4.69, 9.17) is 13.8 Å². The van der Waals surface area contributed by atoms with E-state index in [1.807, 2.05) is 0 Å². The maximum absolute atomic E-state index is 13.2. The van der Waals surface area contributed by atoms with Gasteiger partial charge in [0.05, 0.1) is 26.2 Å². The first-order chi connectivity index (χ1) is 14.5. The SMILES string of the molecule is CCCCCCCCC(=O)CNC(=O)CC(C(=O)OC(C)(C)C)P(=O)(OCC)OCC. The van der Waals surface area contributed by atoms with E-state index >= 15 is 0 Å². The van der Waals surface area contributed by atoms with Gasteiger partial charge in [0.15, 0.2) is 11.4 Å². The molecule has 1 unspecified atom stereocenters. The Kier molecular flexibility index (Phi) is 14.9. The van der Waals surface area contributed by atoms with Crippen molar-refractivity contribution in [3.05, 3.63) is 0 Å². The molecule has 0 aliphatic heterocycles. The fraction of sp³-hybridized carbons (Fsp3) is 0.864. The van der Waals surface area contributed by atoms with E-state index in [9.17, 15) is 18.9 Å². The van der Waals surface area contributed by atoms with Crippen molar-refractivity contribution in [2.45, 2.75) is 104 Å². The summed E-state index contributed by atoms with van der Waals surface area (Å²) in [5, 5.41) is 2.52.